The predicted molar refractivity (Wildman–Crippen MR) is 77.8 cm³/mol. The Hall–Kier alpha value is -2.75. The monoisotopic (exact) mass is 296 g/mol. The first-order chi connectivity index (χ1) is 10.6. The van der Waals surface area contributed by atoms with Crippen LogP contribution in [0.2, 0.25) is 0 Å². The van der Waals surface area contributed by atoms with Crippen molar-refractivity contribution in [2.45, 2.75) is 33.4 Å². The third-order valence-corrected chi connectivity index (χ3v) is 3.86. The Bertz CT molecular complexity index is 773. The molecule has 0 spiro atoms. The number of fused-ring (bicyclic) bond motifs is 1. The second-order valence-corrected chi connectivity index (χ2v) is 5.21. The highest BCUT2D eigenvalue weighted by atomic mass is 16.2. The third kappa shape index (κ3) is 2.33. The van der Waals surface area contributed by atoms with Gasteiger partial charge in [0.15, 0.2) is 5.82 Å². The van der Waals surface area contributed by atoms with E-state index in [4.69, 9.17) is 5.26 Å². The van der Waals surface area contributed by atoms with Crippen molar-refractivity contribution in [3.8, 4) is 6.07 Å². The number of amides is 1. The lowest BCUT2D eigenvalue weighted by Gasteiger charge is -2.27. The highest BCUT2D eigenvalue weighted by molar-refractivity contribution is 5.92. The average Bonchev–Trinajstić information content (AvgIpc) is 2.96. The van der Waals surface area contributed by atoms with Crippen LogP contribution in [0.1, 0.15) is 40.3 Å². The zero-order valence-electron chi connectivity index (χ0n) is 12.6. The molecule has 0 aliphatic carbocycles. The molecule has 3 rings (SSSR count). The molecule has 7 nitrogen and oxygen atoms in total. The minimum Gasteiger partial charge on any atom is -0.328 e. The van der Waals surface area contributed by atoms with Gasteiger partial charge in [-0.25, -0.2) is 4.98 Å². The molecular formula is C15H16N6O. The van der Waals surface area contributed by atoms with Crippen LogP contribution in [-0.4, -0.2) is 37.1 Å². The van der Waals surface area contributed by atoms with Gasteiger partial charge in [-0.05, 0) is 19.1 Å². The summed E-state index contributed by atoms with van der Waals surface area (Å²) in [6, 6.07) is 5.29. The van der Waals surface area contributed by atoms with Crippen LogP contribution < -0.4 is 0 Å². The van der Waals surface area contributed by atoms with Crippen LogP contribution in [0.15, 0.2) is 12.1 Å². The van der Waals surface area contributed by atoms with Gasteiger partial charge in [-0.3, -0.25) is 4.79 Å². The van der Waals surface area contributed by atoms with Crippen LogP contribution in [0.4, 0.5) is 0 Å². The van der Waals surface area contributed by atoms with Crippen LogP contribution in [0, 0.1) is 18.3 Å². The number of aromatic nitrogens is 4. The smallest absolute Gasteiger partial charge is 0.272 e. The van der Waals surface area contributed by atoms with E-state index in [1.54, 1.807) is 24.0 Å². The molecule has 0 N–H and O–H groups in total. The second-order valence-electron chi connectivity index (χ2n) is 5.21. The molecule has 0 saturated carbocycles. The summed E-state index contributed by atoms with van der Waals surface area (Å²) in [5.41, 5.74) is 1.42. The third-order valence-electron chi connectivity index (χ3n) is 3.86. The Balaban J connectivity index is 1.82. The Morgan fingerprint density at radius 2 is 2.18 bits per heavy atom. The first-order valence-electron chi connectivity index (χ1n) is 7.22. The molecule has 2 aromatic heterocycles. The van der Waals surface area contributed by atoms with E-state index in [1.165, 1.54) is 0 Å². The molecule has 0 fully saturated rings. The van der Waals surface area contributed by atoms with Crippen LogP contribution in [0.25, 0.3) is 0 Å². The van der Waals surface area contributed by atoms with Crippen molar-refractivity contribution in [2.24, 2.45) is 0 Å². The molecular weight excluding hydrogens is 280 g/mol. The topological polar surface area (TPSA) is 87.7 Å². The van der Waals surface area contributed by atoms with E-state index in [0.717, 1.165) is 18.1 Å². The highest BCUT2D eigenvalue weighted by Crippen LogP contribution is 2.16. The first kappa shape index (κ1) is 14.2. The van der Waals surface area contributed by atoms with E-state index >= 15 is 0 Å². The quantitative estimate of drug-likeness (QED) is 0.827. The van der Waals surface area contributed by atoms with E-state index in [-0.39, 0.29) is 5.91 Å². The van der Waals surface area contributed by atoms with Crippen LogP contribution >= 0.6 is 0 Å². The molecule has 0 radical (unpaired) electrons. The maximum absolute atomic E-state index is 12.6. The maximum atomic E-state index is 12.6. The molecule has 1 amide bonds. The lowest BCUT2D eigenvalue weighted by Crippen LogP contribution is -2.39. The van der Waals surface area contributed by atoms with Gasteiger partial charge < -0.3 is 9.47 Å². The summed E-state index contributed by atoms with van der Waals surface area (Å²) in [6.07, 6.45) is 0.831. The van der Waals surface area contributed by atoms with Gasteiger partial charge in [-0.15, -0.1) is 10.2 Å². The van der Waals surface area contributed by atoms with Crippen molar-refractivity contribution >= 4 is 5.91 Å². The normalized spacial score (nSPS) is 13.6. The summed E-state index contributed by atoms with van der Waals surface area (Å²) in [7, 11) is 0. The average molecular weight is 296 g/mol. The molecule has 7 heteroatoms. The van der Waals surface area contributed by atoms with Crippen LogP contribution in [0.5, 0.6) is 0 Å². The zero-order chi connectivity index (χ0) is 15.7. The highest BCUT2D eigenvalue weighted by Gasteiger charge is 2.25. The molecule has 2 aromatic rings. The molecule has 0 bridgehead atoms. The number of nitrogens with zero attached hydrogens (tertiary/aromatic N) is 6. The molecule has 112 valence electrons. The van der Waals surface area contributed by atoms with Gasteiger partial charge in [0, 0.05) is 19.5 Å². The predicted octanol–water partition coefficient (Wildman–Crippen LogP) is 1.07. The molecule has 1 aliphatic rings. The van der Waals surface area contributed by atoms with Crippen molar-refractivity contribution in [1.29, 1.82) is 5.26 Å². The summed E-state index contributed by atoms with van der Waals surface area (Å²) < 4.78 is 2.07. The Kier molecular flexibility index (Phi) is 3.59. The molecule has 3 heterocycles. The minimum atomic E-state index is -0.139. The molecule has 1 aliphatic heterocycles. The SMILES string of the molecule is CCc1nnc2n1CCN(C(=O)c1ccc(C#N)c(C)n1)C2. The van der Waals surface area contributed by atoms with E-state index < -0.39 is 0 Å². The second kappa shape index (κ2) is 5.56. The number of hydrogen-bond donors (Lipinski definition) is 0. The van der Waals surface area contributed by atoms with E-state index in [0.29, 0.717) is 36.6 Å². The summed E-state index contributed by atoms with van der Waals surface area (Å²) in [6.45, 7) is 5.52. The van der Waals surface area contributed by atoms with Gasteiger partial charge in [-0.2, -0.15) is 5.26 Å². The van der Waals surface area contributed by atoms with E-state index in [2.05, 4.69) is 25.8 Å². The zero-order valence-corrected chi connectivity index (χ0v) is 12.6. The van der Waals surface area contributed by atoms with Crippen molar-refractivity contribution in [3.63, 3.8) is 0 Å². The lowest BCUT2D eigenvalue weighted by atomic mass is 10.2. The molecule has 0 unspecified atom stereocenters. The van der Waals surface area contributed by atoms with Gasteiger partial charge in [0.2, 0.25) is 0 Å². The number of pyridine rings is 1. The maximum Gasteiger partial charge on any atom is 0.272 e. The molecule has 0 saturated heterocycles. The van der Waals surface area contributed by atoms with Gasteiger partial charge in [0.1, 0.15) is 17.6 Å². The molecule has 22 heavy (non-hydrogen) atoms. The van der Waals surface area contributed by atoms with Gasteiger partial charge in [-0.1, -0.05) is 6.92 Å². The Morgan fingerprint density at radius 3 is 2.86 bits per heavy atom. The van der Waals surface area contributed by atoms with Crippen LogP contribution in [0.3, 0.4) is 0 Å². The Labute approximate surface area is 128 Å². The van der Waals surface area contributed by atoms with Crippen molar-refractivity contribution in [3.05, 3.63) is 40.7 Å². The van der Waals surface area contributed by atoms with Gasteiger partial charge in [0.05, 0.1) is 17.8 Å². The van der Waals surface area contributed by atoms with Crippen molar-refractivity contribution in [1.82, 2.24) is 24.6 Å². The van der Waals surface area contributed by atoms with Gasteiger partial charge in [0.25, 0.3) is 5.91 Å². The lowest BCUT2D eigenvalue weighted by molar-refractivity contribution is 0.0700. The minimum absolute atomic E-state index is 0.139. The fourth-order valence-corrected chi connectivity index (χ4v) is 2.61. The van der Waals surface area contributed by atoms with E-state index in [1.807, 2.05) is 6.92 Å². The van der Waals surface area contributed by atoms with E-state index in [9.17, 15) is 4.79 Å². The number of carbonyl (C=O) groups is 1. The molecule has 0 atom stereocenters. The fourth-order valence-electron chi connectivity index (χ4n) is 2.61. The van der Waals surface area contributed by atoms with Crippen molar-refractivity contribution in [2.75, 3.05) is 6.54 Å². The number of rotatable bonds is 2. The largest absolute Gasteiger partial charge is 0.328 e. The summed E-state index contributed by atoms with van der Waals surface area (Å²) in [5.74, 6) is 1.62. The number of nitriles is 1. The fraction of sp³-hybridized carbons (Fsp3) is 0.400. The first-order valence-corrected chi connectivity index (χ1v) is 7.22. The number of carbonyl (C=O) groups excluding carboxylic acids is 1. The number of hydrogen-bond acceptors (Lipinski definition) is 5. The summed E-state index contributed by atoms with van der Waals surface area (Å²) >= 11 is 0. The number of aryl methyl sites for hydroxylation is 2. The van der Waals surface area contributed by atoms with Gasteiger partial charge >= 0.3 is 0 Å². The van der Waals surface area contributed by atoms with Crippen molar-refractivity contribution < 1.29 is 4.79 Å². The standard InChI is InChI=1S/C15H16N6O/c1-3-13-18-19-14-9-20(6-7-21(13)14)15(22)12-5-4-11(8-16)10(2)17-12/h4-5H,3,6-7,9H2,1-2H3. The summed E-state index contributed by atoms with van der Waals surface area (Å²) in [4.78, 5) is 18.5. The molecule has 0 aromatic carbocycles. The summed E-state index contributed by atoms with van der Waals surface area (Å²) in [5, 5.41) is 17.2. The van der Waals surface area contributed by atoms with Crippen LogP contribution in [-0.2, 0) is 19.5 Å². The Morgan fingerprint density at radius 1 is 1.36 bits per heavy atom.